The van der Waals surface area contributed by atoms with Crippen molar-refractivity contribution in [3.63, 3.8) is 0 Å². The molecule has 0 amide bonds. The van der Waals surface area contributed by atoms with Crippen molar-refractivity contribution < 1.29 is 4.42 Å². The van der Waals surface area contributed by atoms with E-state index in [0.717, 1.165) is 0 Å². The van der Waals surface area contributed by atoms with E-state index in [1.165, 1.54) is 12.1 Å². The van der Waals surface area contributed by atoms with Gasteiger partial charge in [-0.1, -0.05) is 5.10 Å². The van der Waals surface area contributed by atoms with Crippen molar-refractivity contribution >= 4 is 11.8 Å². The van der Waals surface area contributed by atoms with Crippen molar-refractivity contribution in [1.82, 2.24) is 25.7 Å². The summed E-state index contributed by atoms with van der Waals surface area (Å²) in [6, 6.07) is 3.09. The molecule has 2 rings (SSSR count). The van der Waals surface area contributed by atoms with Crippen molar-refractivity contribution in [3.05, 3.63) is 28.4 Å². The zero-order valence-electron chi connectivity index (χ0n) is 8.52. The number of hydrogen-bond acceptors (Lipinski definition) is 7. The molecular weight excluding hydrogens is 212 g/mol. The Labute approximate surface area is 90.1 Å². The molecule has 0 aromatic carbocycles. The average Bonchev–Trinajstić information content (AvgIpc) is 2.70. The summed E-state index contributed by atoms with van der Waals surface area (Å²) < 4.78 is 5.23. The molecule has 0 radical (unpaired) electrons. The maximum Gasteiger partial charge on any atom is 0.321 e. The van der Waals surface area contributed by atoms with Crippen LogP contribution in [0, 0.1) is 0 Å². The van der Waals surface area contributed by atoms with Crippen LogP contribution in [0.5, 0.6) is 0 Å². The number of aromatic amines is 1. The molecule has 0 atom stereocenters. The Morgan fingerprint density at radius 2 is 2.31 bits per heavy atom. The third-order valence-electron chi connectivity index (χ3n) is 1.71. The molecule has 3 N–H and O–H groups in total. The maximum absolute atomic E-state index is 10.8. The molecule has 0 unspecified atom stereocenters. The van der Waals surface area contributed by atoms with Crippen molar-refractivity contribution in [3.8, 4) is 0 Å². The van der Waals surface area contributed by atoms with Gasteiger partial charge in [0, 0.05) is 6.07 Å². The van der Waals surface area contributed by atoms with Crippen molar-refractivity contribution in [1.29, 1.82) is 0 Å². The van der Waals surface area contributed by atoms with Gasteiger partial charge < -0.3 is 9.73 Å². The van der Waals surface area contributed by atoms with Gasteiger partial charge in [0.1, 0.15) is 0 Å². The number of nitrogens with one attached hydrogen (secondary N) is 3. The molecule has 0 aliphatic heterocycles. The second-order valence-corrected chi connectivity index (χ2v) is 2.96. The SMILES string of the molecule is CNCc1nnc(Nc2ccc(=O)[nH]n2)o1. The van der Waals surface area contributed by atoms with Crippen LogP contribution in [0.15, 0.2) is 21.3 Å². The third-order valence-corrected chi connectivity index (χ3v) is 1.71. The molecule has 0 aliphatic carbocycles. The van der Waals surface area contributed by atoms with Crippen LogP contribution in [0.4, 0.5) is 11.8 Å². The van der Waals surface area contributed by atoms with E-state index in [4.69, 9.17) is 4.42 Å². The highest BCUT2D eigenvalue weighted by Gasteiger charge is 2.05. The monoisotopic (exact) mass is 222 g/mol. The van der Waals surface area contributed by atoms with Crippen molar-refractivity contribution in [2.75, 3.05) is 12.4 Å². The molecule has 2 aromatic rings. The Bertz CT molecular complexity index is 499. The van der Waals surface area contributed by atoms with E-state index in [0.29, 0.717) is 18.3 Å². The van der Waals surface area contributed by atoms with E-state index in [9.17, 15) is 4.79 Å². The minimum atomic E-state index is -0.271. The molecule has 0 saturated heterocycles. The Morgan fingerprint density at radius 1 is 1.44 bits per heavy atom. The summed E-state index contributed by atoms with van der Waals surface area (Å²) in [6.07, 6.45) is 0. The largest absolute Gasteiger partial charge is 0.406 e. The second-order valence-electron chi connectivity index (χ2n) is 2.96. The highest BCUT2D eigenvalue weighted by molar-refractivity contribution is 5.43. The van der Waals surface area contributed by atoms with Crippen LogP contribution < -0.4 is 16.2 Å². The van der Waals surface area contributed by atoms with Crippen LogP contribution in [0.3, 0.4) is 0 Å². The first kappa shape index (κ1) is 10.3. The zero-order valence-corrected chi connectivity index (χ0v) is 8.52. The quantitative estimate of drug-likeness (QED) is 0.646. The second kappa shape index (κ2) is 4.53. The van der Waals surface area contributed by atoms with Gasteiger partial charge in [-0.05, 0) is 13.1 Å². The van der Waals surface area contributed by atoms with Crippen LogP contribution in [0.1, 0.15) is 5.89 Å². The van der Waals surface area contributed by atoms with E-state index in [1.807, 2.05) is 0 Å². The molecule has 8 heteroatoms. The van der Waals surface area contributed by atoms with Crippen LogP contribution in [-0.4, -0.2) is 27.4 Å². The van der Waals surface area contributed by atoms with Crippen molar-refractivity contribution in [2.45, 2.75) is 6.54 Å². The number of rotatable bonds is 4. The molecule has 0 saturated carbocycles. The molecule has 0 spiro atoms. The normalized spacial score (nSPS) is 10.3. The summed E-state index contributed by atoms with van der Waals surface area (Å²) in [4.78, 5) is 10.8. The molecule has 2 aromatic heterocycles. The highest BCUT2D eigenvalue weighted by atomic mass is 16.4. The molecule has 16 heavy (non-hydrogen) atoms. The van der Waals surface area contributed by atoms with Gasteiger partial charge in [-0.25, -0.2) is 5.10 Å². The summed E-state index contributed by atoms with van der Waals surface area (Å²) in [5.41, 5.74) is -0.271. The third kappa shape index (κ3) is 2.42. The minimum Gasteiger partial charge on any atom is -0.406 e. The van der Waals surface area contributed by atoms with Crippen molar-refractivity contribution in [2.24, 2.45) is 0 Å². The first-order valence-corrected chi connectivity index (χ1v) is 4.57. The Hall–Kier alpha value is -2.22. The lowest BCUT2D eigenvalue weighted by molar-refractivity contribution is 0.492. The van der Waals surface area contributed by atoms with E-state index in [2.05, 4.69) is 31.0 Å². The summed E-state index contributed by atoms with van der Waals surface area (Å²) >= 11 is 0. The lowest BCUT2D eigenvalue weighted by Gasteiger charge is -1.97. The fraction of sp³-hybridized carbons (Fsp3) is 0.250. The first-order valence-electron chi connectivity index (χ1n) is 4.57. The summed E-state index contributed by atoms with van der Waals surface area (Å²) in [7, 11) is 1.78. The lowest BCUT2D eigenvalue weighted by atomic mass is 10.5. The molecule has 8 nitrogen and oxygen atoms in total. The number of nitrogens with zero attached hydrogens (tertiary/aromatic N) is 3. The number of hydrogen-bond donors (Lipinski definition) is 3. The highest BCUT2D eigenvalue weighted by Crippen LogP contribution is 2.10. The number of anilines is 2. The van der Waals surface area contributed by atoms with Gasteiger partial charge >= 0.3 is 6.01 Å². The summed E-state index contributed by atoms with van der Waals surface area (Å²) in [5, 5.41) is 19.2. The minimum absolute atomic E-state index is 0.227. The Morgan fingerprint density at radius 3 is 3.00 bits per heavy atom. The van der Waals surface area contributed by atoms with Gasteiger partial charge in [0.25, 0.3) is 5.56 Å². The summed E-state index contributed by atoms with van der Waals surface area (Å²) in [5.74, 6) is 0.897. The standard InChI is InChI=1S/C8H10N6O2/c1-9-4-7-13-14-8(16-7)10-5-2-3-6(15)12-11-5/h2-3,9H,4H2,1H3,(H,12,15)(H,10,11,14). The molecular formula is C8H10N6O2. The molecule has 84 valence electrons. The van der Waals surface area contributed by atoms with Crippen LogP contribution in [0.2, 0.25) is 0 Å². The maximum atomic E-state index is 10.8. The van der Waals surface area contributed by atoms with E-state index >= 15 is 0 Å². The molecule has 0 aliphatic rings. The average molecular weight is 222 g/mol. The topological polar surface area (TPSA) is 109 Å². The lowest BCUT2D eigenvalue weighted by Crippen LogP contribution is -2.07. The Balaban J connectivity index is 2.08. The van der Waals surface area contributed by atoms with Gasteiger partial charge in [-0.2, -0.15) is 5.10 Å². The van der Waals surface area contributed by atoms with E-state index in [1.54, 1.807) is 7.05 Å². The zero-order chi connectivity index (χ0) is 11.4. The van der Waals surface area contributed by atoms with E-state index < -0.39 is 0 Å². The molecule has 0 fully saturated rings. The predicted molar refractivity (Wildman–Crippen MR) is 55.2 cm³/mol. The number of H-pyrrole nitrogens is 1. The van der Waals surface area contributed by atoms with Gasteiger partial charge in [-0.15, -0.1) is 5.10 Å². The van der Waals surface area contributed by atoms with Gasteiger partial charge in [0.05, 0.1) is 6.54 Å². The first-order chi connectivity index (χ1) is 7.78. The van der Waals surface area contributed by atoms with E-state index in [-0.39, 0.29) is 11.6 Å². The van der Waals surface area contributed by atoms with Gasteiger partial charge in [0.15, 0.2) is 5.82 Å². The molecule has 2 heterocycles. The van der Waals surface area contributed by atoms with Crippen LogP contribution in [0.25, 0.3) is 0 Å². The Kier molecular flexibility index (Phi) is 2.92. The summed E-state index contributed by atoms with van der Waals surface area (Å²) in [6.45, 7) is 0.494. The predicted octanol–water partition coefficient (Wildman–Crippen LogP) is -0.384. The van der Waals surface area contributed by atoms with Crippen LogP contribution in [-0.2, 0) is 6.54 Å². The number of aromatic nitrogens is 4. The molecule has 0 bridgehead atoms. The fourth-order valence-corrected chi connectivity index (χ4v) is 1.05. The fourth-order valence-electron chi connectivity index (χ4n) is 1.05. The smallest absolute Gasteiger partial charge is 0.321 e. The van der Waals surface area contributed by atoms with Gasteiger partial charge in [-0.3, -0.25) is 10.1 Å². The van der Waals surface area contributed by atoms with Gasteiger partial charge in [0.2, 0.25) is 5.89 Å². The van der Waals surface area contributed by atoms with Crippen LogP contribution >= 0.6 is 0 Å².